The van der Waals surface area contributed by atoms with E-state index >= 15 is 0 Å². The van der Waals surface area contributed by atoms with Gasteiger partial charge in [-0.3, -0.25) is 0 Å². The van der Waals surface area contributed by atoms with Gasteiger partial charge in [0.2, 0.25) is 0 Å². The zero-order valence-electron chi connectivity index (χ0n) is 9.72. The van der Waals surface area contributed by atoms with Gasteiger partial charge in [0.25, 0.3) is 0 Å². The standard InChI is InChI=1S/C13H19NO2/c1-2-13(15)11-3-5-12(6-4-11)14-7-9-16-10-8-14/h3-6,13,15H,2,7-10H2,1H3. The van der Waals surface area contributed by atoms with E-state index in [-0.39, 0.29) is 6.10 Å². The van der Waals surface area contributed by atoms with E-state index in [0.29, 0.717) is 0 Å². The van der Waals surface area contributed by atoms with Gasteiger partial charge < -0.3 is 14.7 Å². The number of hydrogen-bond donors (Lipinski definition) is 1. The molecule has 1 unspecified atom stereocenters. The van der Waals surface area contributed by atoms with Crippen molar-refractivity contribution in [2.45, 2.75) is 19.4 Å². The van der Waals surface area contributed by atoms with Gasteiger partial charge in [-0.25, -0.2) is 0 Å². The highest BCUT2D eigenvalue weighted by Gasteiger charge is 2.11. The van der Waals surface area contributed by atoms with Gasteiger partial charge in [-0.1, -0.05) is 19.1 Å². The maximum absolute atomic E-state index is 9.70. The third-order valence-electron chi connectivity index (χ3n) is 3.04. The van der Waals surface area contributed by atoms with Crippen molar-refractivity contribution < 1.29 is 9.84 Å². The van der Waals surface area contributed by atoms with Crippen LogP contribution in [0.4, 0.5) is 5.69 Å². The molecule has 1 fully saturated rings. The van der Waals surface area contributed by atoms with Crippen LogP contribution in [0.2, 0.25) is 0 Å². The van der Waals surface area contributed by atoms with Crippen LogP contribution < -0.4 is 4.90 Å². The van der Waals surface area contributed by atoms with E-state index in [1.165, 1.54) is 5.69 Å². The molecule has 0 amide bonds. The van der Waals surface area contributed by atoms with Gasteiger partial charge in [-0.05, 0) is 24.1 Å². The number of rotatable bonds is 3. The first-order valence-electron chi connectivity index (χ1n) is 5.92. The third-order valence-corrected chi connectivity index (χ3v) is 3.04. The van der Waals surface area contributed by atoms with Gasteiger partial charge in [0.05, 0.1) is 19.3 Å². The molecule has 1 atom stereocenters. The van der Waals surface area contributed by atoms with Crippen LogP contribution in [-0.4, -0.2) is 31.4 Å². The van der Waals surface area contributed by atoms with Gasteiger partial charge >= 0.3 is 0 Å². The lowest BCUT2D eigenvalue weighted by Gasteiger charge is -2.29. The fourth-order valence-electron chi connectivity index (χ4n) is 1.96. The first-order valence-corrected chi connectivity index (χ1v) is 5.92. The molecule has 0 aliphatic carbocycles. The highest BCUT2D eigenvalue weighted by atomic mass is 16.5. The average Bonchev–Trinajstić information content (AvgIpc) is 2.39. The van der Waals surface area contributed by atoms with Gasteiger partial charge in [0, 0.05) is 18.8 Å². The van der Waals surface area contributed by atoms with E-state index in [2.05, 4.69) is 17.0 Å². The Kier molecular flexibility index (Phi) is 3.80. The molecule has 1 N–H and O–H groups in total. The van der Waals surface area contributed by atoms with Crippen LogP contribution in [0.3, 0.4) is 0 Å². The highest BCUT2D eigenvalue weighted by Crippen LogP contribution is 2.21. The minimum Gasteiger partial charge on any atom is -0.388 e. The second kappa shape index (κ2) is 5.32. The second-order valence-corrected chi connectivity index (χ2v) is 4.11. The van der Waals surface area contributed by atoms with E-state index in [1.807, 2.05) is 19.1 Å². The molecule has 1 saturated heterocycles. The summed E-state index contributed by atoms with van der Waals surface area (Å²) in [6.45, 7) is 5.50. The third kappa shape index (κ3) is 2.54. The molecule has 3 heteroatoms. The molecule has 0 bridgehead atoms. The van der Waals surface area contributed by atoms with Crippen LogP contribution in [0.1, 0.15) is 25.0 Å². The monoisotopic (exact) mass is 221 g/mol. The van der Waals surface area contributed by atoms with E-state index in [4.69, 9.17) is 4.74 Å². The molecule has 1 aromatic carbocycles. The fourth-order valence-corrected chi connectivity index (χ4v) is 1.96. The minimum absolute atomic E-state index is 0.335. The summed E-state index contributed by atoms with van der Waals surface area (Å²) in [5.41, 5.74) is 2.22. The predicted octanol–water partition coefficient (Wildman–Crippen LogP) is 1.97. The second-order valence-electron chi connectivity index (χ2n) is 4.11. The Labute approximate surface area is 96.6 Å². The maximum atomic E-state index is 9.70. The number of benzene rings is 1. The van der Waals surface area contributed by atoms with Crippen molar-refractivity contribution in [3.05, 3.63) is 29.8 Å². The molecule has 1 aliphatic rings. The topological polar surface area (TPSA) is 32.7 Å². The normalized spacial score (nSPS) is 18.5. The first kappa shape index (κ1) is 11.4. The van der Waals surface area contributed by atoms with Crippen LogP contribution in [0.25, 0.3) is 0 Å². The Morgan fingerprint density at radius 1 is 1.25 bits per heavy atom. The van der Waals surface area contributed by atoms with E-state index < -0.39 is 0 Å². The number of aliphatic hydroxyl groups excluding tert-OH is 1. The number of morpholine rings is 1. The lowest BCUT2D eigenvalue weighted by Crippen LogP contribution is -2.36. The van der Waals surface area contributed by atoms with Crippen LogP contribution in [0, 0.1) is 0 Å². The van der Waals surface area contributed by atoms with E-state index in [0.717, 1.165) is 38.3 Å². The Balaban J connectivity index is 2.06. The summed E-state index contributed by atoms with van der Waals surface area (Å²) in [5, 5.41) is 9.70. The molecule has 0 radical (unpaired) electrons. The number of ether oxygens (including phenoxy) is 1. The molecular weight excluding hydrogens is 202 g/mol. The lowest BCUT2D eigenvalue weighted by atomic mass is 10.1. The van der Waals surface area contributed by atoms with Crippen molar-refractivity contribution in [2.75, 3.05) is 31.2 Å². The fraction of sp³-hybridized carbons (Fsp3) is 0.538. The molecule has 1 aromatic rings. The van der Waals surface area contributed by atoms with Gasteiger partial charge in [0.15, 0.2) is 0 Å². The van der Waals surface area contributed by atoms with Crippen LogP contribution in [-0.2, 0) is 4.74 Å². The molecule has 1 heterocycles. The molecule has 88 valence electrons. The Morgan fingerprint density at radius 3 is 2.44 bits per heavy atom. The number of aliphatic hydroxyl groups is 1. The molecular formula is C13H19NO2. The lowest BCUT2D eigenvalue weighted by molar-refractivity contribution is 0.122. The maximum Gasteiger partial charge on any atom is 0.0787 e. The summed E-state index contributed by atoms with van der Waals surface area (Å²) in [5.74, 6) is 0. The Bertz CT molecular complexity index is 317. The number of anilines is 1. The highest BCUT2D eigenvalue weighted by molar-refractivity contribution is 5.48. The molecule has 0 spiro atoms. The van der Waals surface area contributed by atoms with Crippen molar-refractivity contribution in [3.8, 4) is 0 Å². The zero-order chi connectivity index (χ0) is 11.4. The first-order chi connectivity index (χ1) is 7.81. The van der Waals surface area contributed by atoms with Crippen molar-refractivity contribution in [1.82, 2.24) is 0 Å². The van der Waals surface area contributed by atoms with Crippen molar-refractivity contribution in [1.29, 1.82) is 0 Å². The summed E-state index contributed by atoms with van der Waals surface area (Å²) < 4.78 is 5.32. The molecule has 16 heavy (non-hydrogen) atoms. The van der Waals surface area contributed by atoms with Crippen LogP contribution in [0.5, 0.6) is 0 Å². The molecule has 1 aliphatic heterocycles. The molecule has 0 saturated carbocycles. The zero-order valence-corrected chi connectivity index (χ0v) is 9.72. The number of nitrogens with zero attached hydrogens (tertiary/aromatic N) is 1. The summed E-state index contributed by atoms with van der Waals surface area (Å²) in [7, 11) is 0. The average molecular weight is 221 g/mol. The minimum atomic E-state index is -0.335. The molecule has 3 nitrogen and oxygen atoms in total. The summed E-state index contributed by atoms with van der Waals surface area (Å²) in [6, 6.07) is 8.19. The van der Waals surface area contributed by atoms with Gasteiger partial charge in [0.1, 0.15) is 0 Å². The summed E-state index contributed by atoms with van der Waals surface area (Å²) in [4.78, 5) is 2.31. The van der Waals surface area contributed by atoms with Gasteiger partial charge in [-0.2, -0.15) is 0 Å². The summed E-state index contributed by atoms with van der Waals surface area (Å²) >= 11 is 0. The molecule has 2 rings (SSSR count). The summed E-state index contributed by atoms with van der Waals surface area (Å²) in [6.07, 6.45) is 0.426. The smallest absolute Gasteiger partial charge is 0.0787 e. The SMILES string of the molecule is CCC(O)c1ccc(N2CCOCC2)cc1. The van der Waals surface area contributed by atoms with Crippen molar-refractivity contribution in [3.63, 3.8) is 0 Å². The quantitative estimate of drug-likeness (QED) is 0.847. The van der Waals surface area contributed by atoms with Crippen LogP contribution >= 0.6 is 0 Å². The van der Waals surface area contributed by atoms with Crippen molar-refractivity contribution >= 4 is 5.69 Å². The van der Waals surface area contributed by atoms with E-state index in [1.54, 1.807) is 0 Å². The largest absolute Gasteiger partial charge is 0.388 e. The Hall–Kier alpha value is -1.06. The van der Waals surface area contributed by atoms with Crippen LogP contribution in [0.15, 0.2) is 24.3 Å². The number of hydrogen-bond acceptors (Lipinski definition) is 3. The predicted molar refractivity (Wildman–Crippen MR) is 64.7 cm³/mol. The van der Waals surface area contributed by atoms with Crippen molar-refractivity contribution in [2.24, 2.45) is 0 Å². The Morgan fingerprint density at radius 2 is 1.88 bits per heavy atom. The van der Waals surface area contributed by atoms with E-state index in [9.17, 15) is 5.11 Å². The molecule has 0 aromatic heterocycles. The van der Waals surface area contributed by atoms with Gasteiger partial charge in [-0.15, -0.1) is 0 Å².